The van der Waals surface area contributed by atoms with E-state index in [-0.39, 0.29) is 23.3 Å². The van der Waals surface area contributed by atoms with Crippen molar-refractivity contribution in [3.63, 3.8) is 0 Å². The highest BCUT2D eigenvalue weighted by Crippen LogP contribution is 2.44. The van der Waals surface area contributed by atoms with Crippen LogP contribution in [0.1, 0.15) is 43.7 Å². The molecule has 5 nitrogen and oxygen atoms in total. The highest BCUT2D eigenvalue weighted by Gasteiger charge is 2.49. The van der Waals surface area contributed by atoms with Crippen molar-refractivity contribution in [1.29, 1.82) is 5.26 Å². The Balaban J connectivity index is 1.38. The van der Waals surface area contributed by atoms with Crippen LogP contribution in [-0.2, 0) is 11.3 Å². The van der Waals surface area contributed by atoms with E-state index in [1.54, 1.807) is 6.07 Å². The van der Waals surface area contributed by atoms with E-state index >= 15 is 0 Å². The number of nitrogens with one attached hydrogen (secondary N) is 1. The summed E-state index contributed by atoms with van der Waals surface area (Å²) in [5.74, 6) is -0.221. The SMILES string of the molecule is CC1CC2(CCC(=O)N2c2cccc(F)c2)CCN1Cc1c[nH]c2ccc(C#N)cc12. The number of fused-ring (bicyclic) bond motifs is 1. The quantitative estimate of drug-likeness (QED) is 0.671. The third-order valence-corrected chi connectivity index (χ3v) is 7.03. The van der Waals surface area contributed by atoms with Gasteiger partial charge in [0.1, 0.15) is 5.82 Å². The molecule has 0 aliphatic carbocycles. The van der Waals surface area contributed by atoms with Gasteiger partial charge in [-0.15, -0.1) is 0 Å². The highest BCUT2D eigenvalue weighted by atomic mass is 19.1. The summed E-state index contributed by atoms with van der Waals surface area (Å²) in [6, 6.07) is 14.6. The second kappa shape index (κ2) is 7.51. The highest BCUT2D eigenvalue weighted by molar-refractivity contribution is 5.97. The number of halogens is 1. The number of H-pyrrole nitrogens is 1. The van der Waals surface area contributed by atoms with Gasteiger partial charge in [0.05, 0.1) is 17.2 Å². The Labute approximate surface area is 181 Å². The Bertz CT molecular complexity index is 1200. The predicted molar refractivity (Wildman–Crippen MR) is 118 cm³/mol. The Morgan fingerprint density at radius 1 is 1.26 bits per heavy atom. The Morgan fingerprint density at radius 2 is 2.13 bits per heavy atom. The molecule has 3 heterocycles. The largest absolute Gasteiger partial charge is 0.361 e. The molecule has 6 heteroatoms. The first kappa shape index (κ1) is 19.8. The number of piperidine rings is 1. The molecular formula is C25H25FN4O. The van der Waals surface area contributed by atoms with Crippen LogP contribution in [0.25, 0.3) is 10.9 Å². The molecule has 0 bridgehead atoms. The normalized spacial score (nSPS) is 24.2. The van der Waals surface area contributed by atoms with Gasteiger partial charge in [-0.25, -0.2) is 4.39 Å². The van der Waals surface area contributed by atoms with Crippen molar-refractivity contribution in [2.75, 3.05) is 11.4 Å². The lowest BCUT2D eigenvalue weighted by Gasteiger charge is -2.48. The molecule has 31 heavy (non-hydrogen) atoms. The van der Waals surface area contributed by atoms with Gasteiger partial charge in [-0.2, -0.15) is 5.26 Å². The number of aromatic nitrogens is 1. The number of hydrogen-bond acceptors (Lipinski definition) is 3. The number of nitrogens with zero attached hydrogens (tertiary/aromatic N) is 3. The van der Waals surface area contributed by atoms with Gasteiger partial charge in [0.25, 0.3) is 0 Å². The fourth-order valence-corrected chi connectivity index (χ4v) is 5.48. The molecule has 5 rings (SSSR count). The van der Waals surface area contributed by atoms with Gasteiger partial charge >= 0.3 is 0 Å². The monoisotopic (exact) mass is 416 g/mol. The molecule has 2 unspecified atom stereocenters. The second-order valence-corrected chi connectivity index (χ2v) is 8.89. The summed E-state index contributed by atoms with van der Waals surface area (Å²) in [5.41, 5.74) is 3.31. The number of anilines is 1. The number of likely N-dealkylation sites (tertiary alicyclic amines) is 1. The lowest BCUT2D eigenvalue weighted by atomic mass is 9.81. The summed E-state index contributed by atoms with van der Waals surface area (Å²) < 4.78 is 13.9. The maximum absolute atomic E-state index is 13.9. The van der Waals surface area contributed by atoms with Crippen molar-refractivity contribution in [2.24, 2.45) is 0 Å². The van der Waals surface area contributed by atoms with Crippen LogP contribution in [0.4, 0.5) is 10.1 Å². The van der Waals surface area contributed by atoms with Gasteiger partial charge in [-0.1, -0.05) is 6.07 Å². The average Bonchev–Trinajstić information content (AvgIpc) is 3.30. The topological polar surface area (TPSA) is 63.1 Å². The molecule has 3 aromatic rings. The summed E-state index contributed by atoms with van der Waals surface area (Å²) in [5, 5.41) is 10.3. The molecule has 2 atom stereocenters. The van der Waals surface area contributed by atoms with Gasteiger partial charge in [0, 0.05) is 48.3 Å². The minimum absolute atomic E-state index is 0.0897. The van der Waals surface area contributed by atoms with Crippen molar-refractivity contribution in [2.45, 2.75) is 50.7 Å². The number of nitriles is 1. The van der Waals surface area contributed by atoms with E-state index in [0.717, 1.165) is 43.3 Å². The summed E-state index contributed by atoms with van der Waals surface area (Å²) in [6.07, 6.45) is 5.09. The van der Waals surface area contributed by atoms with E-state index in [9.17, 15) is 14.4 Å². The van der Waals surface area contributed by atoms with Crippen LogP contribution < -0.4 is 4.90 Å². The molecule has 2 saturated heterocycles. The summed E-state index contributed by atoms with van der Waals surface area (Å²) in [6.45, 7) is 3.87. The number of hydrogen-bond donors (Lipinski definition) is 1. The Hall–Kier alpha value is -3.17. The molecule has 1 N–H and O–H groups in total. The molecule has 0 radical (unpaired) electrons. The minimum Gasteiger partial charge on any atom is -0.361 e. The van der Waals surface area contributed by atoms with Crippen LogP contribution >= 0.6 is 0 Å². The van der Waals surface area contributed by atoms with Gasteiger partial charge < -0.3 is 9.88 Å². The third-order valence-electron chi connectivity index (χ3n) is 7.03. The molecule has 2 fully saturated rings. The molecule has 1 aromatic heterocycles. The van der Waals surface area contributed by atoms with Crippen LogP contribution in [0.5, 0.6) is 0 Å². The molecule has 158 valence electrons. The van der Waals surface area contributed by atoms with Gasteiger partial charge in [-0.05, 0) is 68.1 Å². The Kier molecular flexibility index (Phi) is 4.79. The van der Waals surface area contributed by atoms with Crippen LogP contribution in [0.3, 0.4) is 0 Å². The zero-order valence-electron chi connectivity index (χ0n) is 17.6. The van der Waals surface area contributed by atoms with Crippen molar-refractivity contribution in [3.8, 4) is 6.07 Å². The smallest absolute Gasteiger partial charge is 0.227 e. The maximum Gasteiger partial charge on any atom is 0.227 e. The zero-order chi connectivity index (χ0) is 21.6. The third kappa shape index (κ3) is 3.39. The minimum atomic E-state index is -0.311. The van der Waals surface area contributed by atoms with E-state index in [1.807, 2.05) is 35.4 Å². The first-order chi connectivity index (χ1) is 15.0. The summed E-state index contributed by atoms with van der Waals surface area (Å²) in [4.78, 5) is 20.4. The first-order valence-corrected chi connectivity index (χ1v) is 10.8. The number of carbonyl (C=O) groups excluding carboxylic acids is 1. The number of rotatable bonds is 3. The zero-order valence-corrected chi connectivity index (χ0v) is 17.6. The number of benzene rings is 2. The lowest BCUT2D eigenvalue weighted by Crippen LogP contribution is -2.56. The van der Waals surface area contributed by atoms with Crippen LogP contribution in [-0.4, -0.2) is 33.9 Å². The van der Waals surface area contributed by atoms with E-state index in [1.165, 1.54) is 17.7 Å². The Morgan fingerprint density at radius 3 is 2.90 bits per heavy atom. The molecule has 2 aliphatic heterocycles. The van der Waals surface area contributed by atoms with E-state index < -0.39 is 0 Å². The van der Waals surface area contributed by atoms with Crippen LogP contribution in [0.2, 0.25) is 0 Å². The van der Waals surface area contributed by atoms with Crippen LogP contribution in [0, 0.1) is 17.1 Å². The molecule has 2 aliphatic rings. The molecule has 1 amide bonds. The van der Waals surface area contributed by atoms with Gasteiger partial charge in [-0.3, -0.25) is 9.69 Å². The fraction of sp³-hybridized carbons (Fsp3) is 0.360. The van der Waals surface area contributed by atoms with Crippen molar-refractivity contribution in [3.05, 3.63) is 65.6 Å². The molecular weight excluding hydrogens is 391 g/mol. The van der Waals surface area contributed by atoms with Gasteiger partial charge in [0.2, 0.25) is 5.91 Å². The number of carbonyl (C=O) groups is 1. The summed E-state index contributed by atoms with van der Waals surface area (Å²) in [7, 11) is 0. The standard InChI is InChI=1S/C25H25FN4O/c1-17-13-25(8-7-24(31)30(25)21-4-2-3-20(26)12-21)9-10-29(17)16-19-15-28-23-6-5-18(14-27)11-22(19)23/h2-6,11-12,15,17,28H,7-10,13,16H2,1H3. The van der Waals surface area contributed by atoms with Gasteiger partial charge in [0.15, 0.2) is 0 Å². The van der Waals surface area contributed by atoms with Crippen molar-refractivity contribution >= 4 is 22.5 Å². The maximum atomic E-state index is 13.9. The van der Waals surface area contributed by atoms with Crippen molar-refractivity contribution < 1.29 is 9.18 Å². The van der Waals surface area contributed by atoms with E-state index in [0.29, 0.717) is 17.7 Å². The lowest BCUT2D eigenvalue weighted by molar-refractivity contribution is -0.117. The van der Waals surface area contributed by atoms with E-state index in [2.05, 4.69) is 22.9 Å². The number of aromatic amines is 1. The molecule has 2 aromatic carbocycles. The predicted octanol–water partition coefficient (Wildman–Crippen LogP) is 4.73. The average molecular weight is 417 g/mol. The number of amides is 1. The molecule has 1 spiro atoms. The molecule has 0 saturated carbocycles. The van der Waals surface area contributed by atoms with Crippen molar-refractivity contribution in [1.82, 2.24) is 9.88 Å². The van der Waals surface area contributed by atoms with Crippen LogP contribution in [0.15, 0.2) is 48.7 Å². The fourth-order valence-electron chi connectivity index (χ4n) is 5.48. The summed E-state index contributed by atoms with van der Waals surface area (Å²) >= 11 is 0. The second-order valence-electron chi connectivity index (χ2n) is 8.89. The van der Waals surface area contributed by atoms with E-state index in [4.69, 9.17) is 0 Å². The first-order valence-electron chi connectivity index (χ1n) is 10.8.